The average Bonchev–Trinajstić information content (AvgIpc) is 2.27. The van der Waals surface area contributed by atoms with Crippen LogP contribution in [0.15, 0.2) is 18.2 Å². The smallest absolute Gasteiger partial charge is 0.474 e. The molecule has 0 saturated carbocycles. The van der Waals surface area contributed by atoms with E-state index in [1.807, 2.05) is 0 Å². The molecular formula is C11H9F2NO4. The van der Waals surface area contributed by atoms with Crippen molar-refractivity contribution in [3.63, 3.8) is 0 Å². The molecule has 7 heteroatoms. The van der Waals surface area contributed by atoms with Gasteiger partial charge in [0.25, 0.3) is 0 Å². The Labute approximate surface area is 100 Å². The second-order valence-corrected chi connectivity index (χ2v) is 3.79. The van der Waals surface area contributed by atoms with E-state index in [-0.39, 0.29) is 11.7 Å². The Hall–Kier alpha value is -2.18. The maximum Gasteiger partial charge on any atom is 0.501 e. The van der Waals surface area contributed by atoms with Gasteiger partial charge >= 0.3 is 12.1 Å². The highest BCUT2D eigenvalue weighted by atomic mass is 19.3. The molecule has 1 aromatic carbocycles. The summed E-state index contributed by atoms with van der Waals surface area (Å²) in [5.41, 5.74) is 1.16. The molecule has 2 rings (SSSR count). The lowest BCUT2D eigenvalue weighted by atomic mass is 10.0. The molecule has 0 spiro atoms. The van der Waals surface area contributed by atoms with Crippen LogP contribution in [0.1, 0.15) is 12.0 Å². The van der Waals surface area contributed by atoms with Gasteiger partial charge in [-0.05, 0) is 18.1 Å². The number of halogens is 2. The molecule has 5 nitrogen and oxygen atoms in total. The van der Waals surface area contributed by atoms with Gasteiger partial charge in [-0.1, -0.05) is 6.07 Å². The number of ether oxygens (including phenoxy) is 1. The molecule has 0 fully saturated rings. The van der Waals surface area contributed by atoms with Crippen LogP contribution in [-0.4, -0.2) is 23.1 Å². The van der Waals surface area contributed by atoms with Crippen molar-refractivity contribution in [2.45, 2.75) is 19.0 Å². The van der Waals surface area contributed by atoms with E-state index in [0.717, 1.165) is 5.56 Å². The van der Waals surface area contributed by atoms with E-state index in [1.54, 1.807) is 0 Å². The number of aryl methyl sites for hydroxylation is 1. The Morgan fingerprint density at radius 1 is 1.39 bits per heavy atom. The fourth-order valence-electron chi connectivity index (χ4n) is 1.61. The second kappa shape index (κ2) is 4.25. The van der Waals surface area contributed by atoms with Crippen molar-refractivity contribution < 1.29 is 28.2 Å². The molecule has 18 heavy (non-hydrogen) atoms. The van der Waals surface area contributed by atoms with Crippen molar-refractivity contribution in [1.29, 1.82) is 0 Å². The third-order valence-electron chi connectivity index (χ3n) is 2.47. The van der Waals surface area contributed by atoms with E-state index in [0.29, 0.717) is 18.5 Å². The first-order valence-corrected chi connectivity index (χ1v) is 5.11. The monoisotopic (exact) mass is 257 g/mol. The molecule has 0 saturated heterocycles. The minimum atomic E-state index is -4.30. The Bertz CT molecular complexity index is 516. The standard InChI is InChI=1S/C11H9F2NO4/c12-11(13,10(16)17)18-7-3-1-6-2-4-9(15)14-8(6)5-7/h1,3,5H,2,4H2,(H,14,15)(H,16,17). The van der Waals surface area contributed by atoms with Crippen molar-refractivity contribution in [2.75, 3.05) is 5.32 Å². The highest BCUT2D eigenvalue weighted by Crippen LogP contribution is 2.29. The molecule has 1 amide bonds. The number of fused-ring (bicyclic) bond motifs is 1. The highest BCUT2D eigenvalue weighted by Gasteiger charge is 2.42. The lowest BCUT2D eigenvalue weighted by molar-refractivity contribution is -0.210. The van der Waals surface area contributed by atoms with Gasteiger partial charge < -0.3 is 15.2 Å². The zero-order valence-electron chi connectivity index (χ0n) is 9.07. The molecule has 2 N–H and O–H groups in total. The first kappa shape index (κ1) is 12.3. The zero-order valence-corrected chi connectivity index (χ0v) is 9.07. The van der Waals surface area contributed by atoms with Crippen molar-refractivity contribution in [3.8, 4) is 5.75 Å². The maximum absolute atomic E-state index is 12.8. The molecule has 1 aromatic rings. The Morgan fingerprint density at radius 2 is 2.11 bits per heavy atom. The SMILES string of the molecule is O=C1CCc2ccc(OC(F)(F)C(=O)O)cc2N1. The fourth-order valence-corrected chi connectivity index (χ4v) is 1.61. The van der Waals surface area contributed by atoms with Crippen LogP contribution in [0.5, 0.6) is 5.75 Å². The van der Waals surface area contributed by atoms with Gasteiger partial charge in [0, 0.05) is 18.2 Å². The van der Waals surface area contributed by atoms with Gasteiger partial charge in [0.2, 0.25) is 5.91 Å². The van der Waals surface area contributed by atoms with Crippen LogP contribution < -0.4 is 10.1 Å². The number of benzene rings is 1. The molecule has 0 radical (unpaired) electrons. The molecule has 0 atom stereocenters. The number of amides is 1. The van der Waals surface area contributed by atoms with Gasteiger partial charge in [0.1, 0.15) is 5.75 Å². The lowest BCUT2D eigenvalue weighted by Crippen LogP contribution is -2.34. The van der Waals surface area contributed by atoms with Gasteiger partial charge in [-0.3, -0.25) is 4.79 Å². The van der Waals surface area contributed by atoms with E-state index in [9.17, 15) is 18.4 Å². The summed E-state index contributed by atoms with van der Waals surface area (Å²) in [6, 6.07) is 3.94. The molecule has 0 aliphatic carbocycles. The molecule has 1 aliphatic heterocycles. The van der Waals surface area contributed by atoms with Crippen LogP contribution in [0, 0.1) is 0 Å². The van der Waals surface area contributed by atoms with E-state index >= 15 is 0 Å². The summed E-state index contributed by atoms with van der Waals surface area (Å²) in [7, 11) is 0. The van der Waals surface area contributed by atoms with Crippen LogP contribution in [0.4, 0.5) is 14.5 Å². The predicted octanol–water partition coefficient (Wildman–Crippen LogP) is 1.63. The van der Waals surface area contributed by atoms with Crippen LogP contribution in [0.25, 0.3) is 0 Å². The minimum absolute atomic E-state index is 0.218. The summed E-state index contributed by atoms with van der Waals surface area (Å²) in [5, 5.41) is 10.7. The van der Waals surface area contributed by atoms with E-state index in [2.05, 4.69) is 10.1 Å². The molecule has 0 bridgehead atoms. The molecular weight excluding hydrogens is 248 g/mol. The number of carbonyl (C=O) groups excluding carboxylic acids is 1. The van der Waals surface area contributed by atoms with Crippen LogP contribution in [0.3, 0.4) is 0 Å². The number of carboxylic acids is 1. The quantitative estimate of drug-likeness (QED) is 0.862. The first-order chi connectivity index (χ1) is 8.38. The van der Waals surface area contributed by atoms with Crippen LogP contribution >= 0.6 is 0 Å². The van der Waals surface area contributed by atoms with E-state index in [1.165, 1.54) is 18.2 Å². The Kier molecular flexibility index (Phi) is 2.90. The largest absolute Gasteiger partial charge is 0.501 e. The topological polar surface area (TPSA) is 75.6 Å². The van der Waals surface area contributed by atoms with E-state index in [4.69, 9.17) is 5.11 Å². The van der Waals surface area contributed by atoms with Gasteiger partial charge in [0.05, 0.1) is 0 Å². The van der Waals surface area contributed by atoms with Crippen molar-refractivity contribution in [2.24, 2.45) is 0 Å². The number of carboxylic acid groups (broad SMARTS) is 1. The summed E-state index contributed by atoms with van der Waals surface area (Å²) in [5.74, 6) is -2.91. The molecule has 1 aliphatic rings. The summed E-state index contributed by atoms with van der Waals surface area (Å²) in [6.07, 6.45) is -3.46. The van der Waals surface area contributed by atoms with Gasteiger partial charge in [-0.2, -0.15) is 8.78 Å². The third-order valence-corrected chi connectivity index (χ3v) is 2.47. The lowest BCUT2D eigenvalue weighted by Gasteiger charge is -2.19. The molecule has 0 aromatic heterocycles. The number of alkyl halides is 2. The number of hydrogen-bond acceptors (Lipinski definition) is 3. The van der Waals surface area contributed by atoms with Gasteiger partial charge in [-0.25, -0.2) is 4.79 Å². The number of nitrogens with one attached hydrogen (secondary N) is 1. The number of carbonyl (C=O) groups is 2. The number of anilines is 1. The molecule has 0 unspecified atom stereocenters. The summed E-state index contributed by atoms with van der Waals surface area (Å²) >= 11 is 0. The number of hydrogen-bond donors (Lipinski definition) is 2. The Balaban J connectivity index is 2.24. The first-order valence-electron chi connectivity index (χ1n) is 5.11. The van der Waals surface area contributed by atoms with Crippen molar-refractivity contribution in [1.82, 2.24) is 0 Å². The van der Waals surface area contributed by atoms with Gasteiger partial charge in [0.15, 0.2) is 0 Å². The Morgan fingerprint density at radius 3 is 2.78 bits per heavy atom. The fraction of sp³-hybridized carbons (Fsp3) is 0.273. The van der Waals surface area contributed by atoms with Crippen molar-refractivity contribution in [3.05, 3.63) is 23.8 Å². The zero-order chi connectivity index (χ0) is 13.3. The average molecular weight is 257 g/mol. The number of rotatable bonds is 3. The van der Waals surface area contributed by atoms with Gasteiger partial charge in [-0.15, -0.1) is 0 Å². The summed E-state index contributed by atoms with van der Waals surface area (Å²) < 4.78 is 29.7. The third kappa shape index (κ3) is 2.39. The second-order valence-electron chi connectivity index (χ2n) is 3.79. The van der Waals surface area contributed by atoms with Crippen LogP contribution in [0.2, 0.25) is 0 Å². The van der Waals surface area contributed by atoms with Crippen LogP contribution in [-0.2, 0) is 16.0 Å². The van der Waals surface area contributed by atoms with Crippen molar-refractivity contribution >= 4 is 17.6 Å². The predicted molar refractivity (Wildman–Crippen MR) is 56.6 cm³/mol. The van der Waals surface area contributed by atoms with E-state index < -0.39 is 12.1 Å². The summed E-state index contributed by atoms with van der Waals surface area (Å²) in [4.78, 5) is 21.4. The molecule has 1 heterocycles. The molecule has 96 valence electrons. The number of aliphatic carboxylic acids is 1. The maximum atomic E-state index is 12.8. The summed E-state index contributed by atoms with van der Waals surface area (Å²) in [6.45, 7) is 0. The normalized spacial score (nSPS) is 14.7. The minimum Gasteiger partial charge on any atom is -0.474 e. The highest BCUT2D eigenvalue weighted by molar-refractivity contribution is 5.94.